The summed E-state index contributed by atoms with van der Waals surface area (Å²) in [6.07, 6.45) is 2.47. The van der Waals surface area contributed by atoms with Gasteiger partial charge in [-0.05, 0) is 42.8 Å². The van der Waals surface area contributed by atoms with Gasteiger partial charge < -0.3 is 4.90 Å². The number of nitriles is 1. The van der Waals surface area contributed by atoms with Gasteiger partial charge in [0.25, 0.3) is 0 Å². The molecule has 0 fully saturated rings. The second-order valence-corrected chi connectivity index (χ2v) is 5.45. The van der Waals surface area contributed by atoms with Gasteiger partial charge >= 0.3 is 0 Å². The lowest BCUT2D eigenvalue weighted by Crippen LogP contribution is -2.18. The van der Waals surface area contributed by atoms with Crippen molar-refractivity contribution in [3.8, 4) is 17.2 Å². The smallest absolute Gasteiger partial charge is 0.0998 e. The molecule has 0 N–H and O–H groups in total. The molecular weight excluding hydrogens is 256 g/mol. The van der Waals surface area contributed by atoms with Crippen LogP contribution in [0.25, 0.3) is 11.1 Å². The first-order chi connectivity index (χ1) is 10.2. The fourth-order valence-electron chi connectivity index (χ4n) is 2.44. The van der Waals surface area contributed by atoms with Crippen LogP contribution >= 0.6 is 0 Å². The summed E-state index contributed by atoms with van der Waals surface area (Å²) in [6.45, 7) is 4.32. The lowest BCUT2D eigenvalue weighted by Gasteiger charge is -2.16. The summed E-state index contributed by atoms with van der Waals surface area (Å²) in [5.74, 6) is 0. The number of hydrogen-bond acceptors (Lipinski definition) is 2. The van der Waals surface area contributed by atoms with Crippen molar-refractivity contribution in [1.29, 1.82) is 5.26 Å². The lowest BCUT2D eigenvalue weighted by molar-refractivity contribution is 0.321. The fraction of sp³-hybridized carbons (Fsp3) is 0.316. The summed E-state index contributed by atoms with van der Waals surface area (Å²) in [6, 6.07) is 18.5. The Balaban J connectivity index is 2.10. The molecule has 0 aliphatic heterocycles. The average molecular weight is 278 g/mol. The van der Waals surface area contributed by atoms with Crippen LogP contribution in [0.3, 0.4) is 0 Å². The number of rotatable bonds is 6. The van der Waals surface area contributed by atoms with E-state index in [0.717, 1.165) is 29.8 Å². The van der Waals surface area contributed by atoms with E-state index in [1.54, 1.807) is 0 Å². The van der Waals surface area contributed by atoms with Gasteiger partial charge in [0.05, 0.1) is 11.6 Å². The summed E-state index contributed by atoms with van der Waals surface area (Å²) in [5.41, 5.74) is 4.15. The predicted molar refractivity (Wildman–Crippen MR) is 87.8 cm³/mol. The van der Waals surface area contributed by atoms with E-state index in [4.69, 9.17) is 0 Å². The van der Waals surface area contributed by atoms with Gasteiger partial charge in [-0.3, -0.25) is 0 Å². The van der Waals surface area contributed by atoms with E-state index in [2.05, 4.69) is 49.2 Å². The van der Waals surface area contributed by atoms with Gasteiger partial charge in [-0.2, -0.15) is 5.26 Å². The first-order valence-electron chi connectivity index (χ1n) is 7.51. The van der Waals surface area contributed by atoms with E-state index in [9.17, 15) is 5.26 Å². The molecule has 0 unspecified atom stereocenters. The maximum Gasteiger partial charge on any atom is 0.0998 e. The molecule has 21 heavy (non-hydrogen) atoms. The van der Waals surface area contributed by atoms with Gasteiger partial charge in [-0.15, -0.1) is 0 Å². The summed E-state index contributed by atoms with van der Waals surface area (Å²) >= 11 is 0. The standard InChI is InChI=1S/C19H22N2/c1-3-4-13-21(2)15-16-9-11-17(12-10-16)19-8-6-5-7-18(19)14-20/h5-12H,3-4,13,15H2,1-2H3. The predicted octanol–water partition coefficient (Wildman–Crippen LogP) is 4.46. The highest BCUT2D eigenvalue weighted by Crippen LogP contribution is 2.23. The molecule has 0 aliphatic rings. The van der Waals surface area contributed by atoms with Crippen molar-refractivity contribution in [3.63, 3.8) is 0 Å². The molecule has 0 radical (unpaired) electrons. The zero-order valence-electron chi connectivity index (χ0n) is 12.8. The zero-order valence-corrected chi connectivity index (χ0v) is 12.8. The Morgan fingerprint density at radius 2 is 1.76 bits per heavy atom. The SMILES string of the molecule is CCCCN(C)Cc1ccc(-c2ccccc2C#N)cc1. The maximum absolute atomic E-state index is 9.18. The van der Waals surface area contributed by atoms with Gasteiger partial charge in [-0.1, -0.05) is 55.8 Å². The van der Waals surface area contributed by atoms with Crippen molar-refractivity contribution in [2.45, 2.75) is 26.3 Å². The normalized spacial score (nSPS) is 10.6. The third-order valence-electron chi connectivity index (χ3n) is 3.66. The summed E-state index contributed by atoms with van der Waals surface area (Å²) in [4.78, 5) is 2.35. The second-order valence-electron chi connectivity index (χ2n) is 5.45. The molecule has 2 heteroatoms. The minimum atomic E-state index is 0.727. The third-order valence-corrected chi connectivity index (χ3v) is 3.66. The number of nitrogens with zero attached hydrogens (tertiary/aromatic N) is 2. The molecular formula is C19H22N2. The first kappa shape index (κ1) is 15.3. The molecule has 0 amide bonds. The summed E-state index contributed by atoms with van der Waals surface area (Å²) in [5, 5.41) is 9.18. The highest BCUT2D eigenvalue weighted by molar-refractivity contribution is 5.70. The Kier molecular flexibility index (Phi) is 5.54. The van der Waals surface area contributed by atoms with Crippen molar-refractivity contribution >= 4 is 0 Å². The van der Waals surface area contributed by atoms with E-state index in [-0.39, 0.29) is 0 Å². The van der Waals surface area contributed by atoms with Crippen LogP contribution in [0.1, 0.15) is 30.9 Å². The number of hydrogen-bond donors (Lipinski definition) is 0. The molecule has 0 atom stereocenters. The van der Waals surface area contributed by atoms with Crippen molar-refractivity contribution in [2.24, 2.45) is 0 Å². The van der Waals surface area contributed by atoms with Crippen LogP contribution in [0.4, 0.5) is 0 Å². The Hall–Kier alpha value is -2.11. The maximum atomic E-state index is 9.18. The second kappa shape index (κ2) is 7.61. The largest absolute Gasteiger partial charge is 0.302 e. The minimum absolute atomic E-state index is 0.727. The molecule has 2 rings (SSSR count). The molecule has 0 bridgehead atoms. The molecule has 2 aromatic rings. The fourth-order valence-corrected chi connectivity index (χ4v) is 2.44. The molecule has 2 aromatic carbocycles. The summed E-state index contributed by atoms with van der Waals surface area (Å²) in [7, 11) is 2.16. The van der Waals surface area contributed by atoms with Crippen molar-refractivity contribution in [3.05, 3.63) is 59.7 Å². The Morgan fingerprint density at radius 1 is 1.05 bits per heavy atom. The van der Waals surface area contributed by atoms with E-state index < -0.39 is 0 Å². The Labute approximate surface area is 127 Å². The molecule has 0 saturated heterocycles. The zero-order chi connectivity index (χ0) is 15.1. The van der Waals surface area contributed by atoms with Gasteiger partial charge in [0, 0.05) is 6.54 Å². The van der Waals surface area contributed by atoms with Crippen LogP contribution in [0.5, 0.6) is 0 Å². The van der Waals surface area contributed by atoms with E-state index in [1.807, 2.05) is 24.3 Å². The molecule has 0 saturated carbocycles. The van der Waals surface area contributed by atoms with Crippen molar-refractivity contribution < 1.29 is 0 Å². The first-order valence-corrected chi connectivity index (χ1v) is 7.51. The van der Waals surface area contributed by atoms with Crippen LogP contribution in [0.15, 0.2) is 48.5 Å². The van der Waals surface area contributed by atoms with E-state index in [0.29, 0.717) is 0 Å². The third kappa shape index (κ3) is 4.18. The van der Waals surface area contributed by atoms with E-state index >= 15 is 0 Å². The Bertz CT molecular complexity index is 608. The van der Waals surface area contributed by atoms with Gasteiger partial charge in [0.1, 0.15) is 0 Å². The molecule has 2 nitrogen and oxygen atoms in total. The van der Waals surface area contributed by atoms with Crippen LogP contribution in [0.2, 0.25) is 0 Å². The average Bonchev–Trinajstić information content (AvgIpc) is 2.53. The minimum Gasteiger partial charge on any atom is -0.302 e. The highest BCUT2D eigenvalue weighted by Gasteiger charge is 2.05. The highest BCUT2D eigenvalue weighted by atomic mass is 15.1. The quantitative estimate of drug-likeness (QED) is 0.780. The topological polar surface area (TPSA) is 27.0 Å². The van der Waals surface area contributed by atoms with Crippen LogP contribution in [-0.4, -0.2) is 18.5 Å². The van der Waals surface area contributed by atoms with Gasteiger partial charge in [-0.25, -0.2) is 0 Å². The van der Waals surface area contributed by atoms with Gasteiger partial charge in [0.15, 0.2) is 0 Å². The van der Waals surface area contributed by atoms with Crippen molar-refractivity contribution in [2.75, 3.05) is 13.6 Å². The monoisotopic (exact) mass is 278 g/mol. The molecule has 0 aliphatic carbocycles. The number of unbranched alkanes of at least 4 members (excludes halogenated alkanes) is 1. The molecule has 108 valence electrons. The summed E-state index contributed by atoms with van der Waals surface area (Å²) < 4.78 is 0. The number of benzene rings is 2. The van der Waals surface area contributed by atoms with Crippen molar-refractivity contribution in [1.82, 2.24) is 4.90 Å². The Morgan fingerprint density at radius 3 is 2.43 bits per heavy atom. The molecule has 0 spiro atoms. The molecule has 0 aromatic heterocycles. The van der Waals surface area contributed by atoms with Crippen LogP contribution in [-0.2, 0) is 6.54 Å². The van der Waals surface area contributed by atoms with Crippen LogP contribution < -0.4 is 0 Å². The lowest BCUT2D eigenvalue weighted by atomic mass is 9.99. The van der Waals surface area contributed by atoms with Crippen LogP contribution in [0, 0.1) is 11.3 Å². The van der Waals surface area contributed by atoms with Gasteiger partial charge in [0.2, 0.25) is 0 Å². The molecule has 0 heterocycles. The van der Waals surface area contributed by atoms with E-state index in [1.165, 1.54) is 18.4 Å².